The molecule has 1 aromatic heterocycles. The molecule has 0 bridgehead atoms. The van der Waals surface area contributed by atoms with Crippen molar-refractivity contribution in [2.45, 2.75) is 27.7 Å². The van der Waals surface area contributed by atoms with Crippen LogP contribution in [0.25, 0.3) is 0 Å². The van der Waals surface area contributed by atoms with Crippen LogP contribution in [0.3, 0.4) is 0 Å². The number of benzene rings is 1. The zero-order chi connectivity index (χ0) is 18.0. The number of nitrogens with zero attached hydrogens (tertiary/aromatic N) is 3. The molecule has 5 heteroatoms. The molecule has 0 saturated carbocycles. The van der Waals surface area contributed by atoms with Crippen LogP contribution in [0.15, 0.2) is 18.2 Å². The van der Waals surface area contributed by atoms with Crippen LogP contribution < -0.4 is 4.90 Å². The van der Waals surface area contributed by atoms with Gasteiger partial charge in [-0.15, -0.1) is 11.3 Å². The minimum Gasteiger partial charge on any atom is -0.345 e. The second-order valence-electron chi connectivity index (χ2n) is 6.47. The summed E-state index contributed by atoms with van der Waals surface area (Å²) in [5.74, 6) is 5.69. The highest BCUT2D eigenvalue weighted by atomic mass is 32.1. The molecule has 1 saturated heterocycles. The third-order valence-electron chi connectivity index (χ3n) is 4.68. The van der Waals surface area contributed by atoms with Gasteiger partial charge in [-0.3, -0.25) is 4.79 Å². The van der Waals surface area contributed by atoms with Gasteiger partial charge in [0.1, 0.15) is 0 Å². The summed E-state index contributed by atoms with van der Waals surface area (Å²) in [6.45, 7) is 11.3. The fraction of sp³-hybridized carbons (Fsp3) is 0.400. The molecule has 0 aliphatic carbocycles. The molecule has 1 amide bonds. The number of amides is 1. The van der Waals surface area contributed by atoms with E-state index >= 15 is 0 Å². The van der Waals surface area contributed by atoms with Crippen LogP contribution in [0.2, 0.25) is 0 Å². The summed E-state index contributed by atoms with van der Waals surface area (Å²) in [7, 11) is 0. The Bertz CT molecular complexity index is 832. The van der Waals surface area contributed by atoms with E-state index < -0.39 is 0 Å². The van der Waals surface area contributed by atoms with Gasteiger partial charge in [-0.25, -0.2) is 4.98 Å². The molecule has 1 aliphatic rings. The normalized spacial score (nSPS) is 14.2. The van der Waals surface area contributed by atoms with Crippen molar-refractivity contribution in [3.8, 4) is 11.8 Å². The average Bonchev–Trinajstić information content (AvgIpc) is 2.95. The number of rotatable bonds is 1. The van der Waals surface area contributed by atoms with Crippen LogP contribution in [0.4, 0.5) is 5.13 Å². The molecular weight excluding hydrogens is 330 g/mol. The van der Waals surface area contributed by atoms with Crippen molar-refractivity contribution >= 4 is 22.4 Å². The summed E-state index contributed by atoms with van der Waals surface area (Å²) in [5, 5.41) is 1.06. The van der Waals surface area contributed by atoms with E-state index in [2.05, 4.69) is 42.5 Å². The van der Waals surface area contributed by atoms with E-state index in [0.717, 1.165) is 29.5 Å². The maximum Gasteiger partial charge on any atom is 0.298 e. The first-order valence-corrected chi connectivity index (χ1v) is 9.33. The summed E-state index contributed by atoms with van der Waals surface area (Å²) in [4.78, 5) is 22.3. The molecule has 4 nitrogen and oxygen atoms in total. The first kappa shape index (κ1) is 17.5. The lowest BCUT2D eigenvalue weighted by Crippen LogP contribution is -2.48. The maximum atomic E-state index is 12.3. The summed E-state index contributed by atoms with van der Waals surface area (Å²) >= 11 is 1.72. The van der Waals surface area contributed by atoms with Crippen LogP contribution in [0, 0.1) is 39.5 Å². The monoisotopic (exact) mass is 353 g/mol. The van der Waals surface area contributed by atoms with E-state index in [9.17, 15) is 4.79 Å². The van der Waals surface area contributed by atoms with Crippen molar-refractivity contribution in [2.75, 3.05) is 31.1 Å². The summed E-state index contributed by atoms with van der Waals surface area (Å²) in [6.07, 6.45) is 0. The average molecular weight is 353 g/mol. The van der Waals surface area contributed by atoms with Gasteiger partial charge < -0.3 is 9.80 Å². The molecule has 2 heterocycles. The van der Waals surface area contributed by atoms with Gasteiger partial charge >= 0.3 is 0 Å². The predicted octanol–water partition coefficient (Wildman–Crippen LogP) is 3.08. The predicted molar refractivity (Wildman–Crippen MR) is 103 cm³/mol. The molecule has 0 spiro atoms. The summed E-state index contributed by atoms with van der Waals surface area (Å²) in [6, 6.07) is 6.04. The minimum absolute atomic E-state index is 0.0932. The van der Waals surface area contributed by atoms with Gasteiger partial charge in [0.05, 0.1) is 5.69 Å². The SMILES string of the molecule is Cc1ccc(C#CC(=O)N2CCN(c3nc(C)c(C)s3)CC2)cc1C. The first-order valence-electron chi connectivity index (χ1n) is 8.51. The number of piperazine rings is 1. The standard InChI is InChI=1S/C20H23N3OS/c1-14-5-6-18(13-15(14)2)7-8-19(24)22-9-11-23(12-10-22)20-21-16(3)17(4)25-20/h5-6,13H,9-12H2,1-4H3. The van der Waals surface area contributed by atoms with Gasteiger partial charge in [-0.05, 0) is 51.0 Å². The zero-order valence-electron chi connectivity index (χ0n) is 15.2. The highest BCUT2D eigenvalue weighted by molar-refractivity contribution is 7.15. The lowest BCUT2D eigenvalue weighted by Gasteiger charge is -2.33. The quantitative estimate of drug-likeness (QED) is 0.739. The molecule has 1 aliphatic heterocycles. The zero-order valence-corrected chi connectivity index (χ0v) is 16.0. The number of carbonyl (C=O) groups is 1. The molecule has 3 rings (SSSR count). The molecule has 130 valence electrons. The van der Waals surface area contributed by atoms with Crippen LogP contribution in [0.1, 0.15) is 27.3 Å². The lowest BCUT2D eigenvalue weighted by atomic mass is 10.1. The Morgan fingerprint density at radius 2 is 1.80 bits per heavy atom. The highest BCUT2D eigenvalue weighted by Gasteiger charge is 2.22. The Balaban J connectivity index is 1.60. The number of aryl methyl sites for hydroxylation is 4. The van der Waals surface area contributed by atoms with Crippen molar-refractivity contribution in [1.82, 2.24) is 9.88 Å². The van der Waals surface area contributed by atoms with Gasteiger partial charge in [0.15, 0.2) is 5.13 Å². The van der Waals surface area contributed by atoms with Gasteiger partial charge in [0.2, 0.25) is 0 Å². The Labute approximate surface area is 153 Å². The van der Waals surface area contributed by atoms with Crippen molar-refractivity contribution in [3.63, 3.8) is 0 Å². The Kier molecular flexibility index (Phi) is 5.10. The van der Waals surface area contributed by atoms with Crippen LogP contribution in [-0.2, 0) is 4.79 Å². The number of aromatic nitrogens is 1. The van der Waals surface area contributed by atoms with E-state index in [1.165, 1.54) is 16.0 Å². The molecule has 0 N–H and O–H groups in total. The number of carbonyl (C=O) groups excluding carboxylic acids is 1. The molecule has 25 heavy (non-hydrogen) atoms. The second kappa shape index (κ2) is 7.28. The molecular formula is C20H23N3OS. The van der Waals surface area contributed by atoms with Gasteiger partial charge in [0, 0.05) is 42.5 Å². The number of hydrogen-bond donors (Lipinski definition) is 0. The Morgan fingerprint density at radius 1 is 1.08 bits per heavy atom. The van der Waals surface area contributed by atoms with Crippen molar-refractivity contribution in [3.05, 3.63) is 45.5 Å². The number of anilines is 1. The third kappa shape index (κ3) is 4.02. The van der Waals surface area contributed by atoms with Gasteiger partial charge in [-0.1, -0.05) is 12.0 Å². The van der Waals surface area contributed by atoms with E-state index in [-0.39, 0.29) is 5.91 Å². The van der Waals surface area contributed by atoms with E-state index in [4.69, 9.17) is 0 Å². The number of hydrogen-bond acceptors (Lipinski definition) is 4. The van der Waals surface area contributed by atoms with Crippen molar-refractivity contribution < 1.29 is 4.79 Å². The molecule has 2 aromatic rings. The van der Waals surface area contributed by atoms with Crippen LogP contribution >= 0.6 is 11.3 Å². The van der Waals surface area contributed by atoms with Crippen molar-refractivity contribution in [1.29, 1.82) is 0 Å². The minimum atomic E-state index is -0.0932. The highest BCUT2D eigenvalue weighted by Crippen LogP contribution is 2.25. The fourth-order valence-corrected chi connectivity index (χ4v) is 3.68. The Hall–Kier alpha value is -2.32. The largest absolute Gasteiger partial charge is 0.345 e. The summed E-state index contributed by atoms with van der Waals surface area (Å²) < 4.78 is 0. The fourth-order valence-electron chi connectivity index (χ4n) is 2.72. The smallest absolute Gasteiger partial charge is 0.298 e. The second-order valence-corrected chi connectivity index (χ2v) is 7.65. The maximum absolute atomic E-state index is 12.3. The first-order chi connectivity index (χ1) is 11.9. The van der Waals surface area contributed by atoms with Crippen molar-refractivity contribution in [2.24, 2.45) is 0 Å². The summed E-state index contributed by atoms with van der Waals surface area (Å²) in [5.41, 5.74) is 4.42. The molecule has 0 atom stereocenters. The molecule has 0 unspecified atom stereocenters. The van der Waals surface area contributed by atoms with Gasteiger partial charge in [-0.2, -0.15) is 0 Å². The van der Waals surface area contributed by atoms with Crippen LogP contribution in [0.5, 0.6) is 0 Å². The molecule has 1 aromatic carbocycles. The van der Waals surface area contributed by atoms with E-state index in [0.29, 0.717) is 13.1 Å². The van der Waals surface area contributed by atoms with Gasteiger partial charge in [0.25, 0.3) is 5.91 Å². The number of thiazole rings is 1. The topological polar surface area (TPSA) is 36.4 Å². The Morgan fingerprint density at radius 3 is 2.40 bits per heavy atom. The van der Waals surface area contributed by atoms with Crippen LogP contribution in [-0.4, -0.2) is 42.0 Å². The van der Waals surface area contributed by atoms with E-state index in [1.807, 2.05) is 30.0 Å². The molecule has 0 radical (unpaired) electrons. The molecule has 1 fully saturated rings. The third-order valence-corrected chi connectivity index (χ3v) is 5.81. The van der Waals surface area contributed by atoms with E-state index in [1.54, 1.807) is 11.3 Å². The lowest BCUT2D eigenvalue weighted by molar-refractivity contribution is -0.125.